The normalized spacial score (nSPS) is 17.4. The first kappa shape index (κ1) is 18.2. The summed E-state index contributed by atoms with van der Waals surface area (Å²) in [5, 5.41) is 0. The van der Waals surface area contributed by atoms with Crippen molar-refractivity contribution in [1.29, 1.82) is 0 Å². The summed E-state index contributed by atoms with van der Waals surface area (Å²) in [6, 6.07) is 9.56. The van der Waals surface area contributed by atoms with Crippen LogP contribution in [-0.2, 0) is 22.6 Å². The lowest BCUT2D eigenvalue weighted by molar-refractivity contribution is -0.142. The highest BCUT2D eigenvalue weighted by molar-refractivity contribution is 5.83. The summed E-state index contributed by atoms with van der Waals surface area (Å²) < 4.78 is 5.55. The molecule has 0 saturated carbocycles. The SMILES string of the molecule is Cc1ccc(CN(C)C(=O)C2CCC(=O)N(CCc3ccccn3)C2)o1. The van der Waals surface area contributed by atoms with Gasteiger partial charge in [0.25, 0.3) is 0 Å². The van der Waals surface area contributed by atoms with E-state index in [1.54, 1.807) is 23.0 Å². The van der Waals surface area contributed by atoms with Crippen molar-refractivity contribution in [3.8, 4) is 0 Å². The number of hydrogen-bond acceptors (Lipinski definition) is 4. The fraction of sp³-hybridized carbons (Fsp3) is 0.450. The van der Waals surface area contributed by atoms with E-state index in [1.165, 1.54) is 0 Å². The van der Waals surface area contributed by atoms with Crippen LogP contribution < -0.4 is 0 Å². The molecule has 0 radical (unpaired) electrons. The van der Waals surface area contributed by atoms with Crippen LogP contribution in [0.4, 0.5) is 0 Å². The first-order valence-corrected chi connectivity index (χ1v) is 9.01. The first-order valence-electron chi connectivity index (χ1n) is 9.01. The van der Waals surface area contributed by atoms with E-state index in [4.69, 9.17) is 4.42 Å². The van der Waals surface area contributed by atoms with Gasteiger partial charge in [-0.15, -0.1) is 0 Å². The number of carbonyl (C=O) groups is 2. The number of nitrogens with zero attached hydrogens (tertiary/aromatic N) is 3. The number of pyridine rings is 1. The van der Waals surface area contributed by atoms with Crippen molar-refractivity contribution in [3.63, 3.8) is 0 Å². The minimum Gasteiger partial charge on any atom is -0.464 e. The molecule has 1 saturated heterocycles. The number of likely N-dealkylation sites (tertiary alicyclic amines) is 1. The molecule has 1 atom stereocenters. The molecule has 0 bridgehead atoms. The van der Waals surface area contributed by atoms with Crippen LogP contribution in [0, 0.1) is 12.8 Å². The number of carbonyl (C=O) groups excluding carboxylic acids is 2. The van der Waals surface area contributed by atoms with E-state index in [0.29, 0.717) is 38.9 Å². The molecule has 2 aromatic rings. The minimum absolute atomic E-state index is 0.0642. The van der Waals surface area contributed by atoms with E-state index in [1.807, 2.05) is 37.3 Å². The Balaban J connectivity index is 1.56. The average Bonchev–Trinajstić information content (AvgIpc) is 3.06. The maximum Gasteiger partial charge on any atom is 0.227 e. The topological polar surface area (TPSA) is 66.7 Å². The van der Waals surface area contributed by atoms with Gasteiger partial charge in [-0.25, -0.2) is 0 Å². The molecule has 2 amide bonds. The van der Waals surface area contributed by atoms with Crippen LogP contribution >= 0.6 is 0 Å². The van der Waals surface area contributed by atoms with E-state index < -0.39 is 0 Å². The molecule has 1 aliphatic rings. The van der Waals surface area contributed by atoms with Gasteiger partial charge >= 0.3 is 0 Å². The van der Waals surface area contributed by atoms with Crippen molar-refractivity contribution in [2.24, 2.45) is 5.92 Å². The average molecular weight is 355 g/mol. The second-order valence-electron chi connectivity index (χ2n) is 6.85. The smallest absolute Gasteiger partial charge is 0.227 e. The molecule has 26 heavy (non-hydrogen) atoms. The number of piperidine rings is 1. The third kappa shape index (κ3) is 4.50. The number of aromatic nitrogens is 1. The van der Waals surface area contributed by atoms with Crippen molar-refractivity contribution >= 4 is 11.8 Å². The van der Waals surface area contributed by atoms with Gasteiger partial charge in [-0.05, 0) is 37.6 Å². The summed E-state index contributed by atoms with van der Waals surface area (Å²) in [6.07, 6.45) is 3.49. The minimum atomic E-state index is -0.155. The third-order valence-corrected chi connectivity index (χ3v) is 4.78. The van der Waals surface area contributed by atoms with Crippen molar-refractivity contribution < 1.29 is 14.0 Å². The van der Waals surface area contributed by atoms with Gasteiger partial charge in [-0.3, -0.25) is 14.6 Å². The van der Waals surface area contributed by atoms with E-state index >= 15 is 0 Å². The predicted octanol–water partition coefficient (Wildman–Crippen LogP) is 2.42. The zero-order valence-corrected chi connectivity index (χ0v) is 15.4. The van der Waals surface area contributed by atoms with Crippen LogP contribution in [0.25, 0.3) is 0 Å². The number of amides is 2. The van der Waals surface area contributed by atoms with E-state index in [0.717, 1.165) is 17.2 Å². The Labute approximate surface area is 153 Å². The molecule has 1 unspecified atom stereocenters. The van der Waals surface area contributed by atoms with Crippen molar-refractivity contribution in [1.82, 2.24) is 14.8 Å². The Hall–Kier alpha value is -2.63. The van der Waals surface area contributed by atoms with Gasteiger partial charge < -0.3 is 14.2 Å². The fourth-order valence-corrected chi connectivity index (χ4v) is 3.32. The number of furan rings is 1. The molecule has 0 spiro atoms. The lowest BCUT2D eigenvalue weighted by Gasteiger charge is -2.33. The monoisotopic (exact) mass is 355 g/mol. The summed E-state index contributed by atoms with van der Waals surface area (Å²) in [5.74, 6) is 1.64. The van der Waals surface area contributed by atoms with Crippen LogP contribution in [0.2, 0.25) is 0 Å². The zero-order chi connectivity index (χ0) is 18.5. The maximum absolute atomic E-state index is 12.8. The molecule has 6 heteroatoms. The summed E-state index contributed by atoms with van der Waals surface area (Å²) in [5.41, 5.74) is 0.957. The molecule has 138 valence electrons. The number of aryl methyl sites for hydroxylation is 1. The highest BCUT2D eigenvalue weighted by Crippen LogP contribution is 2.21. The molecule has 1 fully saturated rings. The Morgan fingerprint density at radius 2 is 2.19 bits per heavy atom. The van der Waals surface area contributed by atoms with Gasteiger partial charge in [0, 0.05) is 44.9 Å². The van der Waals surface area contributed by atoms with Gasteiger partial charge in [0.05, 0.1) is 12.5 Å². The molecule has 0 aliphatic carbocycles. The highest BCUT2D eigenvalue weighted by atomic mass is 16.3. The second kappa shape index (κ2) is 8.17. The predicted molar refractivity (Wildman–Crippen MR) is 97.2 cm³/mol. The Morgan fingerprint density at radius 3 is 2.88 bits per heavy atom. The summed E-state index contributed by atoms with van der Waals surface area (Å²) >= 11 is 0. The molecule has 1 aliphatic heterocycles. The second-order valence-corrected chi connectivity index (χ2v) is 6.85. The van der Waals surface area contributed by atoms with Crippen molar-refractivity contribution in [2.45, 2.75) is 32.7 Å². The van der Waals surface area contributed by atoms with Gasteiger partial charge in [-0.2, -0.15) is 0 Å². The lowest BCUT2D eigenvalue weighted by atomic mass is 9.95. The molecule has 0 aromatic carbocycles. The maximum atomic E-state index is 12.8. The molecule has 0 N–H and O–H groups in total. The van der Waals surface area contributed by atoms with Gasteiger partial charge in [0.2, 0.25) is 11.8 Å². The van der Waals surface area contributed by atoms with E-state index in [9.17, 15) is 9.59 Å². The number of hydrogen-bond donors (Lipinski definition) is 0. The van der Waals surface area contributed by atoms with Crippen molar-refractivity contribution in [2.75, 3.05) is 20.1 Å². The fourth-order valence-electron chi connectivity index (χ4n) is 3.32. The highest BCUT2D eigenvalue weighted by Gasteiger charge is 2.31. The van der Waals surface area contributed by atoms with Crippen LogP contribution in [0.3, 0.4) is 0 Å². The summed E-state index contributed by atoms with van der Waals surface area (Å²) in [6.45, 7) is 3.41. The molecular weight excluding hydrogens is 330 g/mol. The molecule has 6 nitrogen and oxygen atoms in total. The molecular formula is C20H25N3O3. The van der Waals surface area contributed by atoms with Crippen LogP contribution in [0.15, 0.2) is 40.9 Å². The standard InChI is InChI=1S/C20H25N3O3/c1-15-6-8-18(26-15)14-22(2)20(25)16-7-9-19(24)23(13-16)12-10-17-5-3-4-11-21-17/h3-6,8,11,16H,7,9-10,12-14H2,1-2H3. The Kier molecular flexibility index (Phi) is 5.71. The van der Waals surface area contributed by atoms with E-state index in [2.05, 4.69) is 4.98 Å². The summed E-state index contributed by atoms with van der Waals surface area (Å²) in [4.78, 5) is 32.8. The zero-order valence-electron chi connectivity index (χ0n) is 15.4. The number of rotatable bonds is 6. The molecule has 2 aromatic heterocycles. The lowest BCUT2D eigenvalue weighted by Crippen LogP contribution is -2.46. The van der Waals surface area contributed by atoms with Gasteiger partial charge in [0.15, 0.2) is 0 Å². The van der Waals surface area contributed by atoms with Gasteiger partial charge in [-0.1, -0.05) is 6.07 Å². The quantitative estimate of drug-likeness (QED) is 0.798. The van der Waals surface area contributed by atoms with Crippen LogP contribution in [-0.4, -0.2) is 46.7 Å². The van der Waals surface area contributed by atoms with Crippen LogP contribution in [0.1, 0.15) is 30.1 Å². The Bertz CT molecular complexity index is 757. The molecule has 3 rings (SSSR count). The largest absolute Gasteiger partial charge is 0.464 e. The first-order chi connectivity index (χ1) is 12.5. The van der Waals surface area contributed by atoms with Crippen LogP contribution in [0.5, 0.6) is 0 Å². The Morgan fingerprint density at radius 1 is 1.35 bits per heavy atom. The van der Waals surface area contributed by atoms with Gasteiger partial charge in [0.1, 0.15) is 11.5 Å². The summed E-state index contributed by atoms with van der Waals surface area (Å²) in [7, 11) is 1.79. The van der Waals surface area contributed by atoms with E-state index in [-0.39, 0.29) is 17.7 Å². The molecule has 3 heterocycles. The third-order valence-electron chi connectivity index (χ3n) is 4.78. The van der Waals surface area contributed by atoms with Crippen molar-refractivity contribution in [3.05, 3.63) is 53.7 Å².